The molecule has 5 nitrogen and oxygen atoms in total. The van der Waals surface area contributed by atoms with Crippen LogP contribution in [0.1, 0.15) is 22.3 Å². The molecule has 1 unspecified atom stereocenters. The Labute approximate surface area is 319 Å². The predicted molar refractivity (Wildman–Crippen MR) is 220 cm³/mol. The van der Waals surface area contributed by atoms with E-state index in [0.717, 1.165) is 39.2 Å². The number of hydrogen-bond donors (Lipinski definition) is 0. The molecule has 6 aromatic carbocycles. The Kier molecular flexibility index (Phi) is 7.96. The second kappa shape index (κ2) is 13.6. The standard InChI is InChI=1S/C50H33N5/c1-4-15-34(16-5-1)47-53-48(35-17-6-2-7-18-35)55-49(54-47)37-20-12-19-36(33-37)44-27-14-28-45(52-44)41-24-13-26-43-46(41)40-23-10-11-25-42(40)50(43,38-21-8-3-9-22-38)39-29-31-51-32-30-39/h1-33H. The van der Waals surface area contributed by atoms with Gasteiger partial charge in [0.25, 0.3) is 0 Å². The normalized spacial score (nSPS) is 14.3. The fraction of sp³-hybridized carbons (Fsp3) is 0.0200. The van der Waals surface area contributed by atoms with E-state index < -0.39 is 5.41 Å². The Bertz CT molecular complexity index is 2710. The third-order valence-corrected chi connectivity index (χ3v) is 10.5. The monoisotopic (exact) mass is 703 g/mol. The van der Waals surface area contributed by atoms with Gasteiger partial charge < -0.3 is 0 Å². The van der Waals surface area contributed by atoms with Gasteiger partial charge >= 0.3 is 0 Å². The second-order valence-corrected chi connectivity index (χ2v) is 13.7. The lowest BCUT2D eigenvalue weighted by Crippen LogP contribution is -2.28. The molecule has 9 aromatic rings. The molecular formula is C50H33N5. The van der Waals surface area contributed by atoms with Crippen molar-refractivity contribution in [3.05, 3.63) is 223 Å². The molecule has 258 valence electrons. The SMILES string of the molecule is c1ccc(-c2nc(-c3ccccc3)nc(-c3cccc(-c4cccc(-c5cccc6c5-c5ccccc5C6(c5ccccc5)c5ccncc5)n4)c3)n2)cc1. The van der Waals surface area contributed by atoms with E-state index in [2.05, 4.69) is 126 Å². The predicted octanol–water partition coefficient (Wildman–Crippen LogP) is 11.4. The van der Waals surface area contributed by atoms with Crippen LogP contribution in [0.4, 0.5) is 0 Å². The van der Waals surface area contributed by atoms with Gasteiger partial charge in [0.1, 0.15) is 0 Å². The Morgan fingerprint density at radius 3 is 1.53 bits per heavy atom. The number of benzene rings is 6. The molecule has 0 saturated heterocycles. The maximum Gasteiger partial charge on any atom is 0.164 e. The minimum Gasteiger partial charge on any atom is -0.265 e. The number of fused-ring (bicyclic) bond motifs is 3. The smallest absolute Gasteiger partial charge is 0.164 e. The van der Waals surface area contributed by atoms with Crippen LogP contribution in [0.5, 0.6) is 0 Å². The summed E-state index contributed by atoms with van der Waals surface area (Å²) < 4.78 is 0. The van der Waals surface area contributed by atoms with Gasteiger partial charge in [-0.15, -0.1) is 0 Å². The molecule has 3 heterocycles. The van der Waals surface area contributed by atoms with Gasteiger partial charge in [-0.05, 0) is 63.7 Å². The molecule has 1 atom stereocenters. The lowest BCUT2D eigenvalue weighted by Gasteiger charge is -2.33. The van der Waals surface area contributed by atoms with Gasteiger partial charge in [-0.2, -0.15) is 0 Å². The topological polar surface area (TPSA) is 64.5 Å². The van der Waals surface area contributed by atoms with Crippen LogP contribution >= 0.6 is 0 Å². The highest BCUT2D eigenvalue weighted by Gasteiger charge is 2.46. The number of pyridine rings is 2. The molecule has 0 fully saturated rings. The molecule has 0 radical (unpaired) electrons. The van der Waals surface area contributed by atoms with Gasteiger partial charge in [0, 0.05) is 40.2 Å². The van der Waals surface area contributed by atoms with E-state index in [9.17, 15) is 0 Å². The van der Waals surface area contributed by atoms with Gasteiger partial charge in [-0.3, -0.25) is 4.98 Å². The first-order chi connectivity index (χ1) is 27.3. The number of nitrogens with zero attached hydrogens (tertiary/aromatic N) is 5. The van der Waals surface area contributed by atoms with Crippen molar-refractivity contribution in [2.45, 2.75) is 5.41 Å². The zero-order chi connectivity index (χ0) is 36.6. The highest BCUT2D eigenvalue weighted by Crippen LogP contribution is 2.58. The zero-order valence-corrected chi connectivity index (χ0v) is 29.8. The molecule has 0 amide bonds. The third-order valence-electron chi connectivity index (χ3n) is 10.5. The fourth-order valence-corrected chi connectivity index (χ4v) is 8.12. The van der Waals surface area contributed by atoms with E-state index in [-0.39, 0.29) is 0 Å². The first-order valence-corrected chi connectivity index (χ1v) is 18.4. The summed E-state index contributed by atoms with van der Waals surface area (Å²) >= 11 is 0. The van der Waals surface area contributed by atoms with Crippen molar-refractivity contribution in [3.63, 3.8) is 0 Å². The molecule has 1 aliphatic carbocycles. The van der Waals surface area contributed by atoms with Crippen molar-refractivity contribution in [2.24, 2.45) is 0 Å². The minimum atomic E-state index is -0.514. The van der Waals surface area contributed by atoms with E-state index in [4.69, 9.17) is 19.9 Å². The van der Waals surface area contributed by atoms with Crippen molar-refractivity contribution in [3.8, 4) is 67.8 Å². The van der Waals surface area contributed by atoms with Crippen molar-refractivity contribution in [1.82, 2.24) is 24.9 Å². The highest BCUT2D eigenvalue weighted by molar-refractivity contribution is 5.95. The van der Waals surface area contributed by atoms with Crippen LogP contribution in [0.25, 0.3) is 67.8 Å². The molecule has 55 heavy (non-hydrogen) atoms. The second-order valence-electron chi connectivity index (χ2n) is 13.7. The van der Waals surface area contributed by atoms with Crippen LogP contribution in [-0.2, 0) is 5.41 Å². The van der Waals surface area contributed by atoms with E-state index in [1.807, 2.05) is 79.1 Å². The van der Waals surface area contributed by atoms with Crippen LogP contribution in [0.3, 0.4) is 0 Å². The molecule has 0 aliphatic heterocycles. The average Bonchev–Trinajstić information content (AvgIpc) is 3.59. The van der Waals surface area contributed by atoms with E-state index >= 15 is 0 Å². The maximum atomic E-state index is 5.36. The average molecular weight is 704 g/mol. The summed E-state index contributed by atoms with van der Waals surface area (Å²) in [6, 6.07) is 65.3. The third kappa shape index (κ3) is 5.53. The Morgan fingerprint density at radius 1 is 0.327 bits per heavy atom. The number of hydrogen-bond acceptors (Lipinski definition) is 5. The van der Waals surface area contributed by atoms with Crippen LogP contribution in [0.15, 0.2) is 200 Å². The molecule has 3 aromatic heterocycles. The first kappa shape index (κ1) is 32.3. The van der Waals surface area contributed by atoms with Crippen molar-refractivity contribution >= 4 is 0 Å². The van der Waals surface area contributed by atoms with E-state index in [1.54, 1.807) is 0 Å². The Hall–Kier alpha value is -7.37. The molecule has 10 rings (SSSR count). The number of rotatable bonds is 7. The summed E-state index contributed by atoms with van der Waals surface area (Å²) in [5, 5.41) is 0. The lowest BCUT2D eigenvalue weighted by molar-refractivity contribution is 0.766. The molecule has 1 aliphatic rings. The quantitative estimate of drug-likeness (QED) is 0.165. The first-order valence-electron chi connectivity index (χ1n) is 18.4. The Balaban J connectivity index is 1.11. The van der Waals surface area contributed by atoms with Crippen molar-refractivity contribution in [2.75, 3.05) is 0 Å². The van der Waals surface area contributed by atoms with Crippen LogP contribution in [0, 0.1) is 0 Å². The van der Waals surface area contributed by atoms with Gasteiger partial charge in [-0.25, -0.2) is 19.9 Å². The van der Waals surface area contributed by atoms with Gasteiger partial charge in [-0.1, -0.05) is 158 Å². The van der Waals surface area contributed by atoms with Gasteiger partial charge in [0.15, 0.2) is 17.5 Å². The summed E-state index contributed by atoms with van der Waals surface area (Å²) in [4.78, 5) is 24.6. The van der Waals surface area contributed by atoms with Crippen molar-refractivity contribution in [1.29, 1.82) is 0 Å². The summed E-state index contributed by atoms with van der Waals surface area (Å²) in [6.07, 6.45) is 3.79. The molecule has 0 saturated carbocycles. The molecule has 0 bridgehead atoms. The largest absolute Gasteiger partial charge is 0.265 e. The van der Waals surface area contributed by atoms with Gasteiger partial charge in [0.05, 0.1) is 16.8 Å². The Morgan fingerprint density at radius 2 is 0.818 bits per heavy atom. The summed E-state index contributed by atoms with van der Waals surface area (Å²) in [5.74, 6) is 1.87. The maximum absolute atomic E-state index is 5.36. The summed E-state index contributed by atoms with van der Waals surface area (Å²) in [7, 11) is 0. The van der Waals surface area contributed by atoms with Crippen LogP contribution in [-0.4, -0.2) is 24.9 Å². The van der Waals surface area contributed by atoms with Crippen LogP contribution < -0.4 is 0 Å². The van der Waals surface area contributed by atoms with E-state index in [1.165, 1.54) is 33.4 Å². The molecular weight excluding hydrogens is 671 g/mol. The molecule has 5 heteroatoms. The highest BCUT2D eigenvalue weighted by atomic mass is 15.0. The van der Waals surface area contributed by atoms with Gasteiger partial charge in [0.2, 0.25) is 0 Å². The number of aromatic nitrogens is 5. The van der Waals surface area contributed by atoms with E-state index in [0.29, 0.717) is 17.5 Å². The summed E-state index contributed by atoms with van der Waals surface area (Å²) in [6.45, 7) is 0. The molecule has 0 spiro atoms. The fourth-order valence-electron chi connectivity index (χ4n) is 8.12. The zero-order valence-electron chi connectivity index (χ0n) is 29.8. The minimum absolute atomic E-state index is 0.514. The molecule has 0 N–H and O–H groups in total. The lowest BCUT2D eigenvalue weighted by atomic mass is 9.68. The van der Waals surface area contributed by atoms with Crippen molar-refractivity contribution < 1.29 is 0 Å². The summed E-state index contributed by atoms with van der Waals surface area (Å²) in [5.41, 5.74) is 13.4. The van der Waals surface area contributed by atoms with Crippen LogP contribution in [0.2, 0.25) is 0 Å².